The third kappa shape index (κ3) is 8.34. The van der Waals surface area contributed by atoms with Gasteiger partial charge in [-0.3, -0.25) is 4.79 Å². The molecule has 0 aromatic carbocycles. The smallest absolute Gasteiger partial charge is 0.321 e. The zero-order chi connectivity index (χ0) is 11.9. The van der Waals surface area contributed by atoms with E-state index in [0.717, 1.165) is 0 Å². The van der Waals surface area contributed by atoms with Crippen LogP contribution < -0.4 is 9.44 Å². The molecule has 0 bridgehead atoms. The van der Waals surface area contributed by atoms with Crippen LogP contribution >= 0.6 is 0 Å². The lowest BCUT2D eigenvalue weighted by molar-refractivity contribution is -0.141. The first-order valence-corrected chi connectivity index (χ1v) is 6.25. The van der Waals surface area contributed by atoms with Gasteiger partial charge < -0.3 is 4.74 Å². The molecule has 0 unspecified atom stereocenters. The summed E-state index contributed by atoms with van der Waals surface area (Å²) in [5.74, 6) is -0.378. The van der Waals surface area contributed by atoms with E-state index >= 15 is 0 Å². The molecule has 0 aliphatic carbocycles. The second kappa shape index (κ2) is 6.76. The number of esters is 1. The number of carbonyl (C=O) groups excluding carboxylic acids is 1. The van der Waals surface area contributed by atoms with Crippen molar-refractivity contribution in [2.75, 3.05) is 19.7 Å². The van der Waals surface area contributed by atoms with Gasteiger partial charge in [0.25, 0.3) is 10.2 Å². The molecular weight excluding hydrogens is 220 g/mol. The van der Waals surface area contributed by atoms with Crippen molar-refractivity contribution in [2.45, 2.75) is 20.8 Å². The van der Waals surface area contributed by atoms with Crippen LogP contribution in [0.1, 0.15) is 20.8 Å². The Balaban J connectivity index is 3.89. The van der Waals surface area contributed by atoms with E-state index in [2.05, 4.69) is 14.2 Å². The molecule has 6 nitrogen and oxygen atoms in total. The number of hydrogen-bond donors (Lipinski definition) is 2. The first-order valence-electron chi connectivity index (χ1n) is 4.77. The van der Waals surface area contributed by atoms with Crippen molar-refractivity contribution < 1.29 is 17.9 Å². The lowest BCUT2D eigenvalue weighted by atomic mass is 10.2. The van der Waals surface area contributed by atoms with Gasteiger partial charge in [0, 0.05) is 6.54 Å². The topological polar surface area (TPSA) is 84.5 Å². The normalized spacial score (nSPS) is 11.7. The minimum Gasteiger partial charge on any atom is -0.465 e. The zero-order valence-electron chi connectivity index (χ0n) is 9.24. The van der Waals surface area contributed by atoms with Gasteiger partial charge in [-0.2, -0.15) is 13.1 Å². The Hall–Kier alpha value is -0.660. The van der Waals surface area contributed by atoms with Gasteiger partial charge in [-0.25, -0.2) is 4.72 Å². The van der Waals surface area contributed by atoms with Crippen molar-refractivity contribution >= 4 is 16.2 Å². The third-order valence-electron chi connectivity index (χ3n) is 1.39. The van der Waals surface area contributed by atoms with E-state index in [0.29, 0.717) is 6.54 Å². The molecule has 0 aliphatic heterocycles. The number of hydrogen-bond acceptors (Lipinski definition) is 4. The van der Waals surface area contributed by atoms with E-state index in [1.165, 1.54) is 0 Å². The summed E-state index contributed by atoms with van der Waals surface area (Å²) in [5, 5.41) is 0. The summed E-state index contributed by atoms with van der Waals surface area (Å²) >= 11 is 0. The first-order chi connectivity index (χ1) is 6.87. The fraction of sp³-hybridized carbons (Fsp3) is 0.875. The molecule has 0 saturated heterocycles. The van der Waals surface area contributed by atoms with Gasteiger partial charge >= 0.3 is 5.97 Å². The monoisotopic (exact) mass is 238 g/mol. The Kier molecular flexibility index (Phi) is 6.46. The van der Waals surface area contributed by atoms with Crippen molar-refractivity contribution in [1.29, 1.82) is 0 Å². The summed E-state index contributed by atoms with van der Waals surface area (Å²) in [4.78, 5) is 10.9. The van der Waals surface area contributed by atoms with E-state index in [9.17, 15) is 13.2 Å². The highest BCUT2D eigenvalue weighted by molar-refractivity contribution is 7.87. The lowest BCUT2D eigenvalue weighted by Gasteiger charge is -2.09. The van der Waals surface area contributed by atoms with E-state index in [1.807, 2.05) is 13.8 Å². The summed E-state index contributed by atoms with van der Waals surface area (Å²) in [7, 11) is -3.59. The van der Waals surface area contributed by atoms with E-state index < -0.39 is 16.2 Å². The van der Waals surface area contributed by atoms with Crippen molar-refractivity contribution in [3.63, 3.8) is 0 Å². The highest BCUT2D eigenvalue weighted by Crippen LogP contribution is 1.89. The maximum Gasteiger partial charge on any atom is 0.321 e. The molecule has 0 atom stereocenters. The summed E-state index contributed by atoms with van der Waals surface area (Å²) in [6.45, 7) is 5.64. The molecule has 0 amide bonds. The van der Waals surface area contributed by atoms with Crippen molar-refractivity contribution in [3.05, 3.63) is 0 Å². The molecule has 0 aromatic rings. The standard InChI is InChI=1S/C8H18N2O4S/c1-4-14-8(11)6-10-15(12,13)9-5-7(2)3/h7,9-10H,4-6H2,1-3H3. The minimum absolute atomic E-state index is 0.212. The van der Waals surface area contributed by atoms with Gasteiger partial charge in [-0.15, -0.1) is 0 Å². The van der Waals surface area contributed by atoms with Gasteiger partial charge in [0.15, 0.2) is 0 Å². The molecule has 0 rings (SSSR count). The maximum absolute atomic E-state index is 11.2. The quantitative estimate of drug-likeness (QED) is 0.593. The molecular formula is C8H18N2O4S. The van der Waals surface area contributed by atoms with Crippen LogP contribution in [0.25, 0.3) is 0 Å². The molecule has 90 valence electrons. The molecule has 15 heavy (non-hydrogen) atoms. The molecule has 0 fully saturated rings. The lowest BCUT2D eigenvalue weighted by Crippen LogP contribution is -2.41. The van der Waals surface area contributed by atoms with E-state index in [1.54, 1.807) is 6.92 Å². The minimum atomic E-state index is -3.59. The average molecular weight is 238 g/mol. The Labute approximate surface area is 90.6 Å². The van der Waals surface area contributed by atoms with Crippen LogP contribution in [0.2, 0.25) is 0 Å². The predicted octanol–water partition coefficient (Wildman–Crippen LogP) is -0.370. The summed E-state index contributed by atoms with van der Waals surface area (Å²) < 4.78 is 31.4. The summed E-state index contributed by atoms with van der Waals surface area (Å²) in [5.41, 5.74) is 0. The first kappa shape index (κ1) is 14.3. The maximum atomic E-state index is 11.2. The van der Waals surface area contributed by atoms with Crippen LogP contribution in [0.3, 0.4) is 0 Å². The van der Waals surface area contributed by atoms with Gasteiger partial charge in [0.1, 0.15) is 6.54 Å². The predicted molar refractivity (Wildman–Crippen MR) is 56.4 cm³/mol. The molecule has 0 spiro atoms. The molecule has 0 saturated carbocycles. The van der Waals surface area contributed by atoms with Crippen LogP contribution in [0.4, 0.5) is 0 Å². The summed E-state index contributed by atoms with van der Waals surface area (Å²) in [6.07, 6.45) is 0. The Morgan fingerprint density at radius 1 is 1.33 bits per heavy atom. The number of carbonyl (C=O) groups is 1. The van der Waals surface area contributed by atoms with E-state index in [-0.39, 0.29) is 19.1 Å². The highest BCUT2D eigenvalue weighted by Gasteiger charge is 2.12. The van der Waals surface area contributed by atoms with Crippen LogP contribution in [0.5, 0.6) is 0 Å². The number of ether oxygens (including phenoxy) is 1. The summed E-state index contributed by atoms with van der Waals surface area (Å²) in [6, 6.07) is 0. The Bertz CT molecular complexity index is 287. The van der Waals surface area contributed by atoms with Crippen LogP contribution in [0.15, 0.2) is 0 Å². The molecule has 7 heteroatoms. The van der Waals surface area contributed by atoms with Gasteiger partial charge in [0.05, 0.1) is 6.61 Å². The SMILES string of the molecule is CCOC(=O)CNS(=O)(=O)NCC(C)C. The fourth-order valence-electron chi connectivity index (χ4n) is 0.693. The van der Waals surface area contributed by atoms with Crippen LogP contribution in [0, 0.1) is 5.92 Å². The largest absolute Gasteiger partial charge is 0.465 e. The Morgan fingerprint density at radius 2 is 1.93 bits per heavy atom. The highest BCUT2D eigenvalue weighted by atomic mass is 32.2. The molecule has 0 radical (unpaired) electrons. The van der Waals surface area contributed by atoms with Crippen LogP contribution in [-0.2, 0) is 19.7 Å². The molecule has 0 aromatic heterocycles. The number of nitrogens with one attached hydrogen (secondary N) is 2. The van der Waals surface area contributed by atoms with Crippen LogP contribution in [-0.4, -0.2) is 34.1 Å². The van der Waals surface area contributed by atoms with Crippen molar-refractivity contribution in [2.24, 2.45) is 5.92 Å². The van der Waals surface area contributed by atoms with E-state index in [4.69, 9.17) is 0 Å². The number of rotatable bonds is 7. The molecule has 0 heterocycles. The van der Waals surface area contributed by atoms with Gasteiger partial charge in [-0.1, -0.05) is 13.8 Å². The van der Waals surface area contributed by atoms with Crippen molar-refractivity contribution in [3.8, 4) is 0 Å². The second-order valence-electron chi connectivity index (χ2n) is 3.37. The second-order valence-corrected chi connectivity index (χ2v) is 4.96. The Morgan fingerprint density at radius 3 is 2.40 bits per heavy atom. The fourth-order valence-corrected chi connectivity index (χ4v) is 1.66. The molecule has 0 aliphatic rings. The third-order valence-corrected chi connectivity index (χ3v) is 2.46. The average Bonchev–Trinajstić information content (AvgIpc) is 2.13. The molecule has 2 N–H and O–H groups in total. The van der Waals surface area contributed by atoms with Crippen molar-refractivity contribution in [1.82, 2.24) is 9.44 Å². The zero-order valence-corrected chi connectivity index (χ0v) is 10.1. The van der Waals surface area contributed by atoms with Gasteiger partial charge in [0.2, 0.25) is 0 Å². The van der Waals surface area contributed by atoms with Gasteiger partial charge in [-0.05, 0) is 12.8 Å².